The number of rotatable bonds is 7. The van der Waals surface area contributed by atoms with Gasteiger partial charge in [0.25, 0.3) is 0 Å². The topological polar surface area (TPSA) is 42.2 Å². The number of aryl methyl sites for hydroxylation is 2. The Bertz CT molecular complexity index is 1200. The molecule has 0 N–H and O–H groups in total. The van der Waals surface area contributed by atoms with Gasteiger partial charge < -0.3 is 9.47 Å². The number of benzene rings is 2. The van der Waals surface area contributed by atoms with E-state index in [1.807, 2.05) is 0 Å². The number of hydrogen-bond acceptors (Lipinski definition) is 3. The van der Waals surface area contributed by atoms with Crippen LogP contribution in [0.3, 0.4) is 0 Å². The van der Waals surface area contributed by atoms with Gasteiger partial charge in [0.15, 0.2) is 0 Å². The second-order valence-corrected chi connectivity index (χ2v) is 10.1. The predicted molar refractivity (Wildman–Crippen MR) is 136 cm³/mol. The molecular formula is C31H33NO2. The maximum absolute atomic E-state index is 8.98. The van der Waals surface area contributed by atoms with E-state index in [-0.39, 0.29) is 12.0 Å². The molecule has 34 heavy (non-hydrogen) atoms. The Labute approximate surface area is 203 Å². The molecule has 3 fully saturated rings. The normalized spacial score (nSPS) is 27.1. The summed E-state index contributed by atoms with van der Waals surface area (Å²) in [5.41, 5.74) is 8.84. The van der Waals surface area contributed by atoms with Crippen molar-refractivity contribution in [2.75, 3.05) is 0 Å². The highest BCUT2D eigenvalue weighted by atomic mass is 16.5. The lowest BCUT2D eigenvalue weighted by atomic mass is 9.83. The predicted octanol–water partition coefficient (Wildman–Crippen LogP) is 7.59. The van der Waals surface area contributed by atoms with Crippen molar-refractivity contribution in [1.82, 2.24) is 0 Å². The van der Waals surface area contributed by atoms with Crippen LogP contribution in [0.25, 0.3) is 11.1 Å². The minimum absolute atomic E-state index is 0.151. The molecule has 174 valence electrons. The fourth-order valence-corrected chi connectivity index (χ4v) is 5.67. The molecule has 0 saturated heterocycles. The standard InChI is InChI=1S/C31H33NO2/c1-5-29-25(15-26-16-30(26)29)11-21(4)33-18-22-7-6-8-24(12-22)31-19(2)9-27(10-20(31)3)34-28-13-23(14-28)17-32/h5-12,23,26,28,30H,4,13-16,18H2,1-3H3/b25-11-,29-5+. The van der Waals surface area contributed by atoms with Crippen molar-refractivity contribution < 1.29 is 9.47 Å². The average molecular weight is 452 g/mol. The van der Waals surface area contributed by atoms with Gasteiger partial charge in [0.05, 0.1) is 12.0 Å². The molecule has 3 saturated carbocycles. The van der Waals surface area contributed by atoms with Crippen molar-refractivity contribution >= 4 is 0 Å². The molecule has 2 aromatic carbocycles. The second-order valence-electron chi connectivity index (χ2n) is 10.1. The van der Waals surface area contributed by atoms with E-state index in [4.69, 9.17) is 14.7 Å². The Hall–Kier alpha value is -3.25. The molecule has 0 heterocycles. The molecule has 0 amide bonds. The highest BCUT2D eigenvalue weighted by Gasteiger charge is 2.46. The Kier molecular flexibility index (Phi) is 6.09. The van der Waals surface area contributed by atoms with Gasteiger partial charge in [-0.05, 0) is 109 Å². The second kappa shape index (κ2) is 9.18. The number of fused-ring (bicyclic) bond motifs is 1. The van der Waals surface area contributed by atoms with Gasteiger partial charge in [0, 0.05) is 12.8 Å². The zero-order chi connectivity index (χ0) is 23.8. The van der Waals surface area contributed by atoms with Gasteiger partial charge in [-0.25, -0.2) is 0 Å². The molecule has 2 unspecified atom stereocenters. The van der Waals surface area contributed by atoms with Crippen molar-refractivity contribution in [3.05, 3.63) is 88.7 Å². The van der Waals surface area contributed by atoms with Gasteiger partial charge in [-0.15, -0.1) is 0 Å². The molecule has 2 atom stereocenters. The van der Waals surface area contributed by atoms with Crippen LogP contribution in [-0.4, -0.2) is 6.10 Å². The first-order valence-electron chi connectivity index (χ1n) is 12.4. The molecular weight excluding hydrogens is 418 g/mol. The van der Waals surface area contributed by atoms with Crippen LogP contribution in [0.2, 0.25) is 0 Å². The summed E-state index contributed by atoms with van der Waals surface area (Å²) in [5, 5.41) is 8.98. The largest absolute Gasteiger partial charge is 0.490 e. The van der Waals surface area contributed by atoms with Crippen LogP contribution in [0.15, 0.2) is 72.0 Å². The van der Waals surface area contributed by atoms with Gasteiger partial charge in [0.1, 0.15) is 24.2 Å². The van der Waals surface area contributed by atoms with Crippen LogP contribution in [0.1, 0.15) is 49.3 Å². The van der Waals surface area contributed by atoms with Gasteiger partial charge in [-0.3, -0.25) is 0 Å². The number of nitriles is 1. The van der Waals surface area contributed by atoms with Crippen molar-refractivity contribution in [3.8, 4) is 22.9 Å². The lowest BCUT2D eigenvalue weighted by Gasteiger charge is -2.31. The first-order valence-corrected chi connectivity index (χ1v) is 12.4. The van der Waals surface area contributed by atoms with Gasteiger partial charge >= 0.3 is 0 Å². The zero-order valence-electron chi connectivity index (χ0n) is 20.4. The first kappa shape index (κ1) is 22.5. The summed E-state index contributed by atoms with van der Waals surface area (Å²) < 4.78 is 12.2. The number of hydrogen-bond donors (Lipinski definition) is 0. The first-order chi connectivity index (χ1) is 16.4. The van der Waals surface area contributed by atoms with Gasteiger partial charge in [0.2, 0.25) is 0 Å². The van der Waals surface area contributed by atoms with Gasteiger partial charge in [-0.2, -0.15) is 5.26 Å². The van der Waals surface area contributed by atoms with Crippen molar-refractivity contribution in [3.63, 3.8) is 0 Å². The van der Waals surface area contributed by atoms with E-state index in [9.17, 15) is 0 Å². The third-order valence-corrected chi connectivity index (χ3v) is 7.55. The molecule has 0 aromatic heterocycles. The minimum Gasteiger partial charge on any atom is -0.490 e. The summed E-state index contributed by atoms with van der Waals surface area (Å²) in [7, 11) is 0. The molecule has 3 aliphatic carbocycles. The Morgan fingerprint density at radius 2 is 1.91 bits per heavy atom. The number of nitrogens with zero attached hydrogens (tertiary/aromatic N) is 1. The van der Waals surface area contributed by atoms with E-state index in [0.29, 0.717) is 6.61 Å². The minimum atomic E-state index is 0.151. The third-order valence-electron chi connectivity index (χ3n) is 7.55. The summed E-state index contributed by atoms with van der Waals surface area (Å²) in [6.45, 7) is 11.1. The van der Waals surface area contributed by atoms with E-state index in [1.165, 1.54) is 46.2 Å². The monoisotopic (exact) mass is 451 g/mol. The maximum Gasteiger partial charge on any atom is 0.120 e. The summed E-state index contributed by atoms with van der Waals surface area (Å²) in [6, 6.07) is 15.1. The lowest BCUT2D eigenvalue weighted by Crippen LogP contribution is -2.32. The van der Waals surface area contributed by atoms with Crippen LogP contribution in [0.5, 0.6) is 5.75 Å². The van der Waals surface area contributed by atoms with Crippen molar-refractivity contribution in [2.45, 2.75) is 59.2 Å². The van der Waals surface area contributed by atoms with Crippen molar-refractivity contribution in [2.24, 2.45) is 17.8 Å². The SMILES string of the molecule is C=C(/C=C1/CC2CC2/C1=C/C)OCc1cccc(-c2c(C)cc(OC3CC(C#N)C3)cc2C)c1. The third kappa shape index (κ3) is 4.55. The molecule has 3 nitrogen and oxygen atoms in total. The molecule has 5 rings (SSSR count). The lowest BCUT2D eigenvalue weighted by molar-refractivity contribution is 0.0892. The Balaban J connectivity index is 1.25. The quantitative estimate of drug-likeness (QED) is 0.407. The molecule has 2 aromatic rings. The van der Waals surface area contributed by atoms with E-state index < -0.39 is 0 Å². The fourth-order valence-electron chi connectivity index (χ4n) is 5.67. The molecule has 3 heteroatoms. The Morgan fingerprint density at radius 3 is 2.62 bits per heavy atom. The van der Waals surface area contributed by atoms with Crippen molar-refractivity contribution in [1.29, 1.82) is 5.26 Å². The molecule has 0 bridgehead atoms. The van der Waals surface area contributed by atoms with E-state index in [1.54, 1.807) is 0 Å². The number of allylic oxidation sites excluding steroid dienone is 4. The van der Waals surface area contributed by atoms with Crippen LogP contribution in [0.4, 0.5) is 0 Å². The highest BCUT2D eigenvalue weighted by molar-refractivity contribution is 5.72. The van der Waals surface area contributed by atoms with Gasteiger partial charge in [-0.1, -0.05) is 30.9 Å². The average Bonchev–Trinajstić information content (AvgIpc) is 3.45. The Morgan fingerprint density at radius 1 is 1.15 bits per heavy atom. The summed E-state index contributed by atoms with van der Waals surface area (Å²) >= 11 is 0. The fraction of sp³-hybridized carbons (Fsp3) is 0.387. The molecule has 0 aliphatic heterocycles. The summed E-state index contributed by atoms with van der Waals surface area (Å²) in [6.07, 6.45) is 8.74. The summed E-state index contributed by atoms with van der Waals surface area (Å²) in [5.74, 6) is 3.43. The van der Waals surface area contributed by atoms with Crippen LogP contribution in [0, 0.1) is 42.9 Å². The molecule has 0 radical (unpaired) electrons. The van der Waals surface area contributed by atoms with Crippen LogP contribution >= 0.6 is 0 Å². The van der Waals surface area contributed by atoms with E-state index >= 15 is 0 Å². The molecule has 0 spiro atoms. The summed E-state index contributed by atoms with van der Waals surface area (Å²) in [4.78, 5) is 0. The molecule has 3 aliphatic rings. The zero-order valence-corrected chi connectivity index (χ0v) is 20.4. The van der Waals surface area contributed by atoms with Crippen LogP contribution in [-0.2, 0) is 11.3 Å². The van der Waals surface area contributed by atoms with E-state index in [0.717, 1.165) is 41.7 Å². The number of ether oxygens (including phenoxy) is 2. The van der Waals surface area contributed by atoms with E-state index in [2.05, 4.69) is 82.0 Å². The maximum atomic E-state index is 8.98. The highest BCUT2D eigenvalue weighted by Crippen LogP contribution is 2.57. The van der Waals surface area contributed by atoms with Crippen LogP contribution < -0.4 is 4.74 Å². The smallest absolute Gasteiger partial charge is 0.120 e.